The third kappa shape index (κ3) is 4.27. The molecule has 0 aliphatic heterocycles. The highest BCUT2D eigenvalue weighted by atomic mass is 16.5. The molecule has 1 atom stereocenters. The first-order valence-electron chi connectivity index (χ1n) is 8.94. The summed E-state index contributed by atoms with van der Waals surface area (Å²) in [7, 11) is 0. The van der Waals surface area contributed by atoms with E-state index in [9.17, 15) is 9.90 Å². The fourth-order valence-electron chi connectivity index (χ4n) is 2.85. The van der Waals surface area contributed by atoms with E-state index in [1.54, 1.807) is 13.8 Å². The summed E-state index contributed by atoms with van der Waals surface area (Å²) in [6, 6.07) is 19.5. The second kappa shape index (κ2) is 8.51. The summed E-state index contributed by atoms with van der Waals surface area (Å²) in [4.78, 5) is 12.3. The molecule has 0 spiro atoms. The van der Waals surface area contributed by atoms with Gasteiger partial charge in [0, 0.05) is 0 Å². The van der Waals surface area contributed by atoms with Crippen LogP contribution in [0.1, 0.15) is 16.8 Å². The minimum absolute atomic E-state index is 0.00755. The van der Waals surface area contributed by atoms with Gasteiger partial charge < -0.3 is 9.84 Å². The Labute approximate surface area is 163 Å². The van der Waals surface area contributed by atoms with Crippen molar-refractivity contribution in [3.05, 3.63) is 81.8 Å². The number of nitriles is 1. The van der Waals surface area contributed by atoms with Gasteiger partial charge in [0.25, 0.3) is 5.56 Å². The maximum atomic E-state index is 12.3. The minimum Gasteiger partial charge on any atom is -0.491 e. The first kappa shape index (κ1) is 19.3. The second-order valence-corrected chi connectivity index (χ2v) is 6.54. The summed E-state index contributed by atoms with van der Waals surface area (Å²) in [6.45, 7) is 3.37. The zero-order chi connectivity index (χ0) is 20.1. The Bertz CT molecular complexity index is 1050. The molecule has 0 aliphatic carbocycles. The summed E-state index contributed by atoms with van der Waals surface area (Å²) in [5.74, 6) is 0.622. The lowest BCUT2D eigenvalue weighted by atomic mass is 10.1. The lowest BCUT2D eigenvalue weighted by molar-refractivity contribution is 0.0878. The van der Waals surface area contributed by atoms with E-state index in [2.05, 4.69) is 5.10 Å². The van der Waals surface area contributed by atoms with Crippen LogP contribution in [0.25, 0.3) is 11.1 Å². The van der Waals surface area contributed by atoms with Crippen LogP contribution in [0.2, 0.25) is 0 Å². The molecule has 1 heterocycles. The zero-order valence-electron chi connectivity index (χ0n) is 15.8. The molecule has 0 saturated heterocycles. The van der Waals surface area contributed by atoms with Gasteiger partial charge in [0.05, 0.1) is 12.2 Å². The number of rotatable bonds is 6. The number of ether oxygens (including phenoxy) is 1. The molecule has 1 aromatic heterocycles. The summed E-state index contributed by atoms with van der Waals surface area (Å²) in [5.41, 5.74) is 2.88. The van der Waals surface area contributed by atoms with E-state index in [-0.39, 0.29) is 18.7 Å². The highest BCUT2D eigenvalue weighted by Gasteiger charge is 2.15. The molecule has 28 heavy (non-hydrogen) atoms. The number of aromatic nitrogens is 2. The predicted octanol–water partition coefficient (Wildman–Crippen LogP) is 2.84. The van der Waals surface area contributed by atoms with E-state index in [1.165, 1.54) is 0 Å². The molecule has 6 nitrogen and oxygen atoms in total. The van der Waals surface area contributed by atoms with Gasteiger partial charge in [0.15, 0.2) is 0 Å². The number of hydrogen-bond acceptors (Lipinski definition) is 5. The maximum absolute atomic E-state index is 12.3. The molecule has 1 N–H and O–H groups in total. The van der Waals surface area contributed by atoms with Gasteiger partial charge in [-0.2, -0.15) is 10.4 Å². The Kier molecular flexibility index (Phi) is 5.87. The van der Waals surface area contributed by atoms with Gasteiger partial charge in [0.2, 0.25) is 0 Å². The van der Waals surface area contributed by atoms with Crippen LogP contribution in [0.4, 0.5) is 0 Å². The normalized spacial score (nSPS) is 11.6. The quantitative estimate of drug-likeness (QED) is 0.716. The summed E-state index contributed by atoms with van der Waals surface area (Å²) in [5, 5.41) is 23.6. The van der Waals surface area contributed by atoms with Crippen molar-refractivity contribution in [1.29, 1.82) is 5.26 Å². The van der Waals surface area contributed by atoms with Crippen molar-refractivity contribution in [2.75, 3.05) is 6.61 Å². The highest BCUT2D eigenvalue weighted by Crippen LogP contribution is 2.22. The largest absolute Gasteiger partial charge is 0.491 e. The maximum Gasteiger partial charge on any atom is 0.285 e. The number of aryl methyl sites for hydroxylation is 1. The molecule has 0 bridgehead atoms. The summed E-state index contributed by atoms with van der Waals surface area (Å²) >= 11 is 0. The first-order valence-corrected chi connectivity index (χ1v) is 8.94. The van der Waals surface area contributed by atoms with E-state index in [0.717, 1.165) is 15.8 Å². The smallest absolute Gasteiger partial charge is 0.285 e. The Morgan fingerprint density at radius 2 is 1.75 bits per heavy atom. The predicted molar refractivity (Wildman–Crippen MR) is 106 cm³/mol. The molecule has 3 rings (SSSR count). The molecular weight excluding hydrogens is 354 g/mol. The number of nitrogens with zero attached hydrogens (tertiary/aromatic N) is 3. The lowest BCUT2D eigenvalue weighted by Crippen LogP contribution is -2.34. The van der Waals surface area contributed by atoms with E-state index < -0.39 is 11.7 Å². The Hall–Kier alpha value is -3.43. The molecule has 142 valence electrons. The summed E-state index contributed by atoms with van der Waals surface area (Å²) < 4.78 is 6.74. The molecule has 0 amide bonds. The van der Waals surface area contributed by atoms with Crippen molar-refractivity contribution in [3.8, 4) is 22.9 Å². The van der Waals surface area contributed by atoms with Crippen molar-refractivity contribution < 1.29 is 9.84 Å². The van der Waals surface area contributed by atoms with Crippen molar-refractivity contribution >= 4 is 0 Å². The average Bonchev–Trinajstić information content (AvgIpc) is 2.72. The number of hydrogen-bond donors (Lipinski definition) is 1. The Morgan fingerprint density at radius 1 is 1.11 bits per heavy atom. The molecule has 2 aromatic carbocycles. The van der Waals surface area contributed by atoms with Gasteiger partial charge in [-0.05, 0) is 42.7 Å². The van der Waals surface area contributed by atoms with Crippen LogP contribution in [0.15, 0.2) is 59.4 Å². The van der Waals surface area contributed by atoms with Crippen LogP contribution in [-0.2, 0) is 6.54 Å². The number of aliphatic hydroxyl groups is 1. The monoisotopic (exact) mass is 375 g/mol. The van der Waals surface area contributed by atoms with Gasteiger partial charge in [-0.1, -0.05) is 42.5 Å². The first-order chi connectivity index (χ1) is 13.5. The van der Waals surface area contributed by atoms with Crippen LogP contribution in [0, 0.1) is 25.2 Å². The fraction of sp³-hybridized carbons (Fsp3) is 0.227. The van der Waals surface area contributed by atoms with Crippen LogP contribution in [0.3, 0.4) is 0 Å². The third-order valence-electron chi connectivity index (χ3n) is 4.54. The van der Waals surface area contributed by atoms with Gasteiger partial charge in [-0.25, -0.2) is 4.68 Å². The third-order valence-corrected chi connectivity index (χ3v) is 4.54. The summed E-state index contributed by atoms with van der Waals surface area (Å²) in [6.07, 6.45) is -0.937. The highest BCUT2D eigenvalue weighted by molar-refractivity contribution is 5.63. The van der Waals surface area contributed by atoms with E-state index >= 15 is 0 Å². The van der Waals surface area contributed by atoms with Crippen LogP contribution in [0.5, 0.6) is 5.75 Å². The standard InChI is InChI=1S/C22H21N3O3/c1-15-16(2)24-25(22(27)21(15)12-23)13-19(26)14-28-20-10-8-18(9-11-20)17-6-4-3-5-7-17/h3-11,19,26H,13-14H2,1-2H3/t19-/m1/s1. The van der Waals surface area contributed by atoms with Crippen molar-refractivity contribution in [2.24, 2.45) is 0 Å². The topological polar surface area (TPSA) is 88.1 Å². The van der Waals surface area contributed by atoms with Crippen molar-refractivity contribution in [3.63, 3.8) is 0 Å². The number of benzene rings is 2. The van der Waals surface area contributed by atoms with Crippen LogP contribution >= 0.6 is 0 Å². The molecule has 0 radical (unpaired) electrons. The van der Waals surface area contributed by atoms with E-state index in [4.69, 9.17) is 10.00 Å². The molecule has 0 unspecified atom stereocenters. The zero-order valence-corrected chi connectivity index (χ0v) is 15.8. The molecule has 3 aromatic rings. The molecule has 6 heteroatoms. The molecular formula is C22H21N3O3. The van der Waals surface area contributed by atoms with Crippen LogP contribution in [-0.4, -0.2) is 27.6 Å². The second-order valence-electron chi connectivity index (χ2n) is 6.54. The van der Waals surface area contributed by atoms with Crippen molar-refractivity contribution in [2.45, 2.75) is 26.5 Å². The molecule has 0 fully saturated rings. The average molecular weight is 375 g/mol. The lowest BCUT2D eigenvalue weighted by Gasteiger charge is -2.15. The van der Waals surface area contributed by atoms with Crippen LogP contribution < -0.4 is 10.3 Å². The van der Waals surface area contributed by atoms with Gasteiger partial charge in [0.1, 0.15) is 30.1 Å². The van der Waals surface area contributed by atoms with Gasteiger partial charge >= 0.3 is 0 Å². The SMILES string of the molecule is Cc1nn(C[C@@H](O)COc2ccc(-c3ccccc3)cc2)c(=O)c(C#N)c1C. The van der Waals surface area contributed by atoms with E-state index in [0.29, 0.717) is 17.0 Å². The number of aliphatic hydroxyl groups excluding tert-OH is 1. The molecule has 0 saturated carbocycles. The fourth-order valence-corrected chi connectivity index (χ4v) is 2.85. The van der Waals surface area contributed by atoms with Crippen molar-refractivity contribution in [1.82, 2.24) is 9.78 Å². The van der Waals surface area contributed by atoms with E-state index in [1.807, 2.05) is 60.7 Å². The molecule has 0 aliphatic rings. The Morgan fingerprint density at radius 3 is 2.39 bits per heavy atom. The van der Waals surface area contributed by atoms with Gasteiger partial charge in [-0.15, -0.1) is 0 Å². The van der Waals surface area contributed by atoms with Gasteiger partial charge in [-0.3, -0.25) is 4.79 Å². The Balaban J connectivity index is 1.64. The minimum atomic E-state index is -0.937.